The summed E-state index contributed by atoms with van der Waals surface area (Å²) in [7, 11) is 0. The van der Waals surface area contributed by atoms with Gasteiger partial charge in [0.1, 0.15) is 11.3 Å². The molecule has 5 heteroatoms. The van der Waals surface area contributed by atoms with Crippen LogP contribution in [0, 0.1) is 6.92 Å². The predicted molar refractivity (Wildman–Crippen MR) is 91.5 cm³/mol. The first-order valence-electron chi connectivity index (χ1n) is 7.65. The topological polar surface area (TPSA) is 30.7 Å². The monoisotopic (exact) mass is 323 g/mol. The van der Waals surface area contributed by atoms with E-state index in [2.05, 4.69) is 22.7 Å². The van der Waals surface area contributed by atoms with Gasteiger partial charge in [-0.2, -0.15) is 11.8 Å². The van der Waals surface area contributed by atoms with Gasteiger partial charge in [0.2, 0.25) is 0 Å². The zero-order valence-corrected chi connectivity index (χ0v) is 14.3. The molecule has 1 aliphatic rings. The first-order chi connectivity index (χ1) is 10.2. The second-order valence-corrected chi connectivity index (χ2v) is 7.33. The Kier molecular flexibility index (Phi) is 4.75. The lowest BCUT2D eigenvalue weighted by atomic mass is 9.94. The molecule has 0 aromatic carbocycles. The van der Waals surface area contributed by atoms with E-state index in [9.17, 15) is 0 Å². The maximum Gasteiger partial charge on any atom is 0.160 e. The Hall–Kier alpha value is -0.740. The second-order valence-electron chi connectivity index (χ2n) is 5.82. The quantitative estimate of drug-likeness (QED) is 0.783. The number of hydrogen-bond donors (Lipinski definition) is 0. The number of fused-ring (bicyclic) bond motifs is 1. The van der Waals surface area contributed by atoms with Crippen LogP contribution < -0.4 is 0 Å². The van der Waals surface area contributed by atoms with Gasteiger partial charge in [0.15, 0.2) is 5.65 Å². The van der Waals surface area contributed by atoms with Crippen LogP contribution in [0.25, 0.3) is 11.2 Å². The van der Waals surface area contributed by atoms with Crippen molar-refractivity contribution in [2.24, 2.45) is 0 Å². The van der Waals surface area contributed by atoms with Gasteiger partial charge >= 0.3 is 0 Å². The van der Waals surface area contributed by atoms with Crippen LogP contribution >= 0.6 is 23.4 Å². The Labute approximate surface area is 135 Å². The Morgan fingerprint density at radius 1 is 1.43 bits per heavy atom. The highest BCUT2D eigenvalue weighted by Crippen LogP contribution is 2.36. The van der Waals surface area contributed by atoms with Crippen molar-refractivity contribution in [2.45, 2.75) is 50.3 Å². The van der Waals surface area contributed by atoms with Gasteiger partial charge in [-0.05, 0) is 44.1 Å². The molecule has 0 radical (unpaired) electrons. The molecule has 2 atom stereocenters. The van der Waals surface area contributed by atoms with Crippen LogP contribution in [0.4, 0.5) is 0 Å². The van der Waals surface area contributed by atoms with Gasteiger partial charge in [-0.1, -0.05) is 6.42 Å². The molecule has 3 nitrogen and oxygen atoms in total. The first-order valence-corrected chi connectivity index (χ1v) is 9.48. The molecule has 3 rings (SSSR count). The summed E-state index contributed by atoms with van der Waals surface area (Å²) in [6, 6.07) is 2.56. The summed E-state index contributed by atoms with van der Waals surface area (Å²) in [6.07, 6.45) is 10.0. The number of rotatable bonds is 4. The molecule has 0 spiro atoms. The van der Waals surface area contributed by atoms with Crippen molar-refractivity contribution in [3.63, 3.8) is 0 Å². The molecule has 1 saturated carbocycles. The normalized spacial score (nSPS) is 22.8. The Bertz CT molecular complexity index is 625. The summed E-state index contributed by atoms with van der Waals surface area (Å²) in [6.45, 7) is 2.11. The minimum absolute atomic E-state index is 0.522. The highest BCUT2D eigenvalue weighted by Gasteiger charge is 2.26. The number of nitrogens with zero attached hydrogens (tertiary/aromatic N) is 3. The van der Waals surface area contributed by atoms with E-state index < -0.39 is 0 Å². The molecule has 2 heterocycles. The number of alkyl halides is 1. The molecule has 0 amide bonds. The SMILES string of the molecule is CSC1CCCC(n2c(CCCl)nc3c(C)ccnc32)C1. The highest BCUT2D eigenvalue weighted by molar-refractivity contribution is 7.99. The van der Waals surface area contributed by atoms with E-state index in [0.717, 1.165) is 28.7 Å². The zero-order valence-electron chi connectivity index (χ0n) is 12.7. The maximum absolute atomic E-state index is 5.99. The predicted octanol–water partition coefficient (Wildman–Crippen LogP) is 4.37. The van der Waals surface area contributed by atoms with Crippen molar-refractivity contribution in [3.8, 4) is 0 Å². The van der Waals surface area contributed by atoms with Crippen molar-refractivity contribution in [2.75, 3.05) is 12.1 Å². The number of halogens is 1. The van der Waals surface area contributed by atoms with E-state index in [1.165, 1.54) is 31.2 Å². The summed E-state index contributed by atoms with van der Waals surface area (Å²) in [5.41, 5.74) is 3.29. The molecule has 0 N–H and O–H groups in total. The third-order valence-corrected chi connectivity index (χ3v) is 5.75. The lowest BCUT2D eigenvalue weighted by Crippen LogP contribution is -2.22. The third kappa shape index (κ3) is 2.93. The highest BCUT2D eigenvalue weighted by atomic mass is 35.5. The summed E-state index contributed by atoms with van der Waals surface area (Å²) in [5.74, 6) is 1.72. The molecule has 0 bridgehead atoms. The molecular weight excluding hydrogens is 302 g/mol. The second kappa shape index (κ2) is 6.57. The third-order valence-electron chi connectivity index (χ3n) is 4.47. The van der Waals surface area contributed by atoms with E-state index in [-0.39, 0.29) is 0 Å². The molecule has 0 aliphatic heterocycles. The molecule has 1 aliphatic carbocycles. The molecule has 114 valence electrons. The molecule has 2 aromatic heterocycles. The molecule has 2 aromatic rings. The number of hydrogen-bond acceptors (Lipinski definition) is 3. The van der Waals surface area contributed by atoms with Crippen molar-refractivity contribution in [1.29, 1.82) is 0 Å². The molecule has 2 unspecified atom stereocenters. The maximum atomic E-state index is 5.99. The number of imidazole rings is 1. The van der Waals surface area contributed by atoms with Gasteiger partial charge in [0.25, 0.3) is 0 Å². The van der Waals surface area contributed by atoms with Crippen LogP contribution in [0.15, 0.2) is 12.3 Å². The average Bonchev–Trinajstić information content (AvgIpc) is 2.87. The van der Waals surface area contributed by atoms with Gasteiger partial charge < -0.3 is 4.57 Å². The number of aromatic nitrogens is 3. The van der Waals surface area contributed by atoms with Gasteiger partial charge in [0.05, 0.1) is 0 Å². The van der Waals surface area contributed by atoms with E-state index in [0.29, 0.717) is 11.9 Å². The number of pyridine rings is 1. The Morgan fingerprint density at radius 2 is 2.29 bits per heavy atom. The fourth-order valence-corrected chi connectivity index (χ4v) is 4.36. The fraction of sp³-hybridized carbons (Fsp3) is 0.625. The largest absolute Gasteiger partial charge is 0.310 e. The average molecular weight is 324 g/mol. The van der Waals surface area contributed by atoms with Crippen LogP contribution in [0.3, 0.4) is 0 Å². The van der Waals surface area contributed by atoms with Crippen LogP contribution in [0.5, 0.6) is 0 Å². The lowest BCUT2D eigenvalue weighted by Gasteiger charge is -2.30. The van der Waals surface area contributed by atoms with Crippen LogP contribution in [0.1, 0.15) is 43.1 Å². The number of thioether (sulfide) groups is 1. The van der Waals surface area contributed by atoms with E-state index in [1.54, 1.807) is 0 Å². The van der Waals surface area contributed by atoms with Crippen molar-refractivity contribution < 1.29 is 0 Å². The fourth-order valence-electron chi connectivity index (χ4n) is 3.37. The molecule has 0 saturated heterocycles. The van der Waals surface area contributed by atoms with Gasteiger partial charge in [-0.15, -0.1) is 11.6 Å². The van der Waals surface area contributed by atoms with Crippen molar-refractivity contribution in [3.05, 3.63) is 23.7 Å². The molecular formula is C16H22ClN3S. The Balaban J connectivity index is 2.06. The minimum Gasteiger partial charge on any atom is -0.310 e. The van der Waals surface area contributed by atoms with Crippen LogP contribution in [-0.4, -0.2) is 31.9 Å². The van der Waals surface area contributed by atoms with Crippen molar-refractivity contribution >= 4 is 34.5 Å². The van der Waals surface area contributed by atoms with Gasteiger partial charge in [-0.25, -0.2) is 9.97 Å². The molecule has 21 heavy (non-hydrogen) atoms. The lowest BCUT2D eigenvalue weighted by molar-refractivity contribution is 0.359. The summed E-state index contributed by atoms with van der Waals surface area (Å²) >= 11 is 7.99. The smallest absolute Gasteiger partial charge is 0.160 e. The van der Waals surface area contributed by atoms with E-state index >= 15 is 0 Å². The van der Waals surface area contributed by atoms with E-state index in [1.807, 2.05) is 24.0 Å². The summed E-state index contributed by atoms with van der Waals surface area (Å²) < 4.78 is 2.38. The van der Waals surface area contributed by atoms with E-state index in [4.69, 9.17) is 16.6 Å². The summed E-state index contributed by atoms with van der Waals surface area (Å²) in [5, 5.41) is 0.759. The number of aryl methyl sites for hydroxylation is 2. The molecule has 1 fully saturated rings. The summed E-state index contributed by atoms with van der Waals surface area (Å²) in [4.78, 5) is 9.46. The standard InChI is InChI=1S/C16H22ClN3S/c1-11-7-9-18-16-15(11)19-14(6-8-17)20(16)12-4-3-5-13(10-12)21-2/h7,9,12-13H,3-6,8,10H2,1-2H3. The zero-order chi connectivity index (χ0) is 14.8. The van der Waals surface area contributed by atoms with Gasteiger partial charge in [0, 0.05) is 29.8 Å². The van der Waals surface area contributed by atoms with Gasteiger partial charge in [-0.3, -0.25) is 0 Å². The minimum atomic E-state index is 0.522. The van der Waals surface area contributed by atoms with Crippen LogP contribution in [-0.2, 0) is 6.42 Å². The van der Waals surface area contributed by atoms with Crippen LogP contribution in [0.2, 0.25) is 0 Å². The Morgan fingerprint density at radius 3 is 3.05 bits per heavy atom. The first kappa shape index (κ1) is 15.2. The van der Waals surface area contributed by atoms with Crippen molar-refractivity contribution in [1.82, 2.24) is 14.5 Å².